The fourth-order valence-electron chi connectivity index (χ4n) is 5.33. The molecule has 10 nitrogen and oxygen atoms in total. The zero-order valence-corrected chi connectivity index (χ0v) is 38.3. The number of quaternary nitrogens is 1. The first-order chi connectivity index (χ1) is 28.4. The van der Waals surface area contributed by atoms with Crippen molar-refractivity contribution in [1.29, 1.82) is 0 Å². The molecule has 0 aromatic heterocycles. The normalized spacial score (nSPS) is 14.3. The van der Waals surface area contributed by atoms with Crippen molar-refractivity contribution in [3.8, 4) is 0 Å². The molecule has 336 valence electrons. The summed E-state index contributed by atoms with van der Waals surface area (Å²) in [5, 5.41) is 0. The Morgan fingerprint density at radius 3 is 1.69 bits per heavy atom. The van der Waals surface area contributed by atoms with Crippen LogP contribution in [0.2, 0.25) is 0 Å². The van der Waals surface area contributed by atoms with E-state index in [4.69, 9.17) is 18.5 Å². The Kier molecular flexibility index (Phi) is 36.9. The molecule has 0 bridgehead atoms. The number of carbonyl (C=O) groups is 3. The van der Waals surface area contributed by atoms with E-state index < -0.39 is 39.1 Å². The van der Waals surface area contributed by atoms with Crippen LogP contribution in [0.15, 0.2) is 85.1 Å². The van der Waals surface area contributed by atoms with E-state index in [9.17, 15) is 23.8 Å². The topological polar surface area (TPSA) is 128 Å². The van der Waals surface area contributed by atoms with Gasteiger partial charge < -0.3 is 27.9 Å². The first-order valence-corrected chi connectivity index (χ1v) is 23.7. The lowest BCUT2D eigenvalue weighted by atomic mass is 10.1. The number of carbonyl (C=O) groups excluding carboxylic acids is 3. The van der Waals surface area contributed by atoms with Crippen LogP contribution >= 0.6 is 7.82 Å². The zero-order chi connectivity index (χ0) is 43.7. The molecule has 0 aromatic carbocycles. The number of unbranched alkanes of at least 4 members (excludes halogenated alkanes) is 10. The monoisotopic (exact) mass is 846 g/mol. The lowest BCUT2D eigenvalue weighted by Crippen LogP contribution is -2.37. The van der Waals surface area contributed by atoms with Crippen molar-refractivity contribution in [3.63, 3.8) is 0 Å². The molecule has 0 heterocycles. The van der Waals surface area contributed by atoms with Gasteiger partial charge in [0.05, 0.1) is 27.7 Å². The molecule has 0 rings (SSSR count). The summed E-state index contributed by atoms with van der Waals surface area (Å²) >= 11 is 0. The first kappa shape index (κ1) is 55.9. The highest BCUT2D eigenvalue weighted by molar-refractivity contribution is 7.45. The summed E-state index contributed by atoms with van der Waals surface area (Å²) in [6.07, 6.45) is 46.3. The summed E-state index contributed by atoms with van der Waals surface area (Å²) in [6, 6.07) is 0. The highest BCUT2D eigenvalue weighted by atomic mass is 31.2. The number of nitrogens with zero attached hydrogens (tertiary/aromatic N) is 1. The maximum Gasteiger partial charge on any atom is 0.306 e. The smallest absolute Gasteiger partial charge is 0.306 e. The molecule has 0 saturated carbocycles. The average molecular weight is 846 g/mol. The van der Waals surface area contributed by atoms with Crippen LogP contribution in [0.5, 0.6) is 0 Å². The Morgan fingerprint density at radius 2 is 1.08 bits per heavy atom. The third-order valence-electron chi connectivity index (χ3n) is 8.86. The molecular weight excluding hydrogens is 765 g/mol. The molecule has 0 radical (unpaired) electrons. The number of likely N-dealkylation sites (N-methyl/N-ethyl adjacent to an activating group) is 1. The highest BCUT2D eigenvalue weighted by Gasteiger charge is 2.21. The average Bonchev–Trinajstić information content (AvgIpc) is 3.18. The minimum absolute atomic E-state index is 0.0273. The van der Waals surface area contributed by atoms with Crippen LogP contribution in [0.3, 0.4) is 0 Å². The number of rotatable bonds is 39. The van der Waals surface area contributed by atoms with E-state index in [0.717, 1.165) is 38.5 Å². The summed E-state index contributed by atoms with van der Waals surface area (Å²) in [7, 11) is 0.996. The first-order valence-electron chi connectivity index (χ1n) is 22.2. The predicted molar refractivity (Wildman–Crippen MR) is 241 cm³/mol. The summed E-state index contributed by atoms with van der Waals surface area (Å²) in [4.78, 5) is 49.7. The van der Waals surface area contributed by atoms with Crippen LogP contribution in [0.1, 0.15) is 149 Å². The van der Waals surface area contributed by atoms with Gasteiger partial charge in [-0.1, -0.05) is 138 Å². The Labute approximate surface area is 358 Å². The molecule has 0 saturated heterocycles. The van der Waals surface area contributed by atoms with Gasteiger partial charge in [-0.25, -0.2) is 0 Å². The van der Waals surface area contributed by atoms with Gasteiger partial charge in [0, 0.05) is 19.3 Å². The van der Waals surface area contributed by atoms with Crippen molar-refractivity contribution in [2.45, 2.75) is 155 Å². The van der Waals surface area contributed by atoms with E-state index in [1.165, 1.54) is 63.9 Å². The molecule has 0 aliphatic heterocycles. The maximum absolute atomic E-state index is 12.7. The minimum Gasteiger partial charge on any atom is -0.756 e. The van der Waals surface area contributed by atoms with Crippen LogP contribution in [-0.4, -0.2) is 75.8 Å². The van der Waals surface area contributed by atoms with E-state index in [-0.39, 0.29) is 38.1 Å². The van der Waals surface area contributed by atoms with Gasteiger partial charge in [0.2, 0.25) is 0 Å². The van der Waals surface area contributed by atoms with Crippen LogP contribution < -0.4 is 4.89 Å². The Morgan fingerprint density at radius 1 is 0.576 bits per heavy atom. The molecule has 0 aliphatic rings. The number of esters is 2. The molecule has 0 N–H and O–H groups in total. The van der Waals surface area contributed by atoms with E-state index in [1.807, 2.05) is 39.4 Å². The number of allylic oxidation sites excluding steroid dienone is 14. The van der Waals surface area contributed by atoms with Gasteiger partial charge in [0.1, 0.15) is 19.8 Å². The van der Waals surface area contributed by atoms with Crippen LogP contribution in [0.25, 0.3) is 0 Å². The minimum atomic E-state index is -4.70. The second-order valence-corrected chi connectivity index (χ2v) is 17.1. The number of ketones is 1. The fraction of sp³-hybridized carbons (Fsp3) is 0.646. The van der Waals surface area contributed by atoms with Crippen molar-refractivity contribution in [2.75, 3.05) is 47.5 Å². The number of hydrogen-bond acceptors (Lipinski definition) is 9. The van der Waals surface area contributed by atoms with E-state index >= 15 is 0 Å². The van der Waals surface area contributed by atoms with Gasteiger partial charge in [0.15, 0.2) is 11.9 Å². The third kappa shape index (κ3) is 42.8. The summed E-state index contributed by atoms with van der Waals surface area (Å²) in [6.45, 7) is 3.83. The molecule has 0 amide bonds. The Hall–Kier alpha value is -3.14. The number of hydrogen-bond donors (Lipinski definition) is 0. The van der Waals surface area contributed by atoms with Gasteiger partial charge in [-0.15, -0.1) is 0 Å². The fourth-order valence-corrected chi connectivity index (χ4v) is 6.06. The van der Waals surface area contributed by atoms with Crippen molar-refractivity contribution >= 4 is 25.5 Å². The highest BCUT2D eigenvalue weighted by Crippen LogP contribution is 2.38. The van der Waals surface area contributed by atoms with Gasteiger partial charge in [-0.2, -0.15) is 0 Å². The molecule has 2 atom stereocenters. The van der Waals surface area contributed by atoms with E-state index in [1.54, 1.807) is 6.08 Å². The number of phosphoric ester groups is 1. The Bertz CT molecular complexity index is 1340. The standard InChI is InChI=1S/C48H80NO9P/c1-6-8-10-12-14-16-18-20-21-22-23-25-27-29-31-33-35-39-48(52)58-46(44-57-59(53,54)56-42-41-49(3,4)5)43-55-47(51)40-36-38-45(50)37-34-32-30-28-26-24-19-17-15-13-11-9-7-2/h15,17,20-21,23-26,29-32,34,37,46H,6-14,16,18-19,22,27-28,33,35-36,38-44H2,1-5H3/b17-15-,21-20-,25-23-,26-24-,31-29-,32-30-,37-34+/t46-/m1/s1. The van der Waals surface area contributed by atoms with Crippen molar-refractivity contribution in [1.82, 2.24) is 0 Å². The SMILES string of the molecule is CCCCC/C=C\C/C=C\C/C=C\C=C\C(=O)CCCC(=O)OC[C@H](COP(=O)([O-])OCC[N+](C)(C)C)OC(=O)CCC/C=C\C/C=C\C/C=C\CCCCCCCC. The van der Waals surface area contributed by atoms with E-state index in [2.05, 4.69) is 68.5 Å². The predicted octanol–water partition coefficient (Wildman–Crippen LogP) is 11.3. The zero-order valence-electron chi connectivity index (χ0n) is 37.4. The lowest BCUT2D eigenvalue weighted by Gasteiger charge is -2.28. The lowest BCUT2D eigenvalue weighted by molar-refractivity contribution is -0.870. The van der Waals surface area contributed by atoms with Crippen LogP contribution in [-0.2, 0) is 37.5 Å². The van der Waals surface area contributed by atoms with Gasteiger partial charge in [-0.3, -0.25) is 18.9 Å². The van der Waals surface area contributed by atoms with Crippen molar-refractivity contribution < 1.29 is 46.8 Å². The second-order valence-electron chi connectivity index (χ2n) is 15.7. The quantitative estimate of drug-likeness (QED) is 0.0113. The van der Waals surface area contributed by atoms with Gasteiger partial charge in [0.25, 0.3) is 7.82 Å². The molecule has 59 heavy (non-hydrogen) atoms. The van der Waals surface area contributed by atoms with Crippen molar-refractivity contribution in [2.24, 2.45) is 0 Å². The molecule has 11 heteroatoms. The largest absolute Gasteiger partial charge is 0.756 e. The van der Waals surface area contributed by atoms with Crippen LogP contribution in [0.4, 0.5) is 0 Å². The number of phosphoric acid groups is 1. The number of ether oxygens (including phenoxy) is 2. The molecule has 0 fully saturated rings. The molecular formula is C48H80NO9P. The summed E-state index contributed by atoms with van der Waals surface area (Å²) in [5.74, 6) is -1.27. The van der Waals surface area contributed by atoms with E-state index in [0.29, 0.717) is 23.9 Å². The maximum atomic E-state index is 12.7. The van der Waals surface area contributed by atoms with Gasteiger partial charge >= 0.3 is 11.9 Å². The third-order valence-corrected chi connectivity index (χ3v) is 9.83. The van der Waals surface area contributed by atoms with Crippen molar-refractivity contribution in [3.05, 3.63) is 85.1 Å². The summed E-state index contributed by atoms with van der Waals surface area (Å²) in [5.41, 5.74) is 0. The van der Waals surface area contributed by atoms with Gasteiger partial charge in [-0.05, 0) is 76.7 Å². The Balaban J connectivity index is 4.65. The summed E-state index contributed by atoms with van der Waals surface area (Å²) < 4.78 is 33.6. The molecule has 1 unspecified atom stereocenters. The molecule has 0 aliphatic carbocycles. The molecule has 0 aromatic rings. The molecule has 0 spiro atoms. The second kappa shape index (κ2) is 39.0. The van der Waals surface area contributed by atoms with Crippen LogP contribution in [0, 0.1) is 0 Å².